The van der Waals surface area contributed by atoms with Gasteiger partial charge in [0.25, 0.3) is 0 Å². The fraction of sp³-hybridized carbons (Fsp3) is 0.143. The summed E-state index contributed by atoms with van der Waals surface area (Å²) in [4.78, 5) is 0.942. The van der Waals surface area contributed by atoms with Crippen LogP contribution in [-0.2, 0) is 0 Å². The third-order valence-corrected chi connectivity index (χ3v) is 4.26. The number of nitrogens with two attached hydrogens (primary N) is 1. The Kier molecular flexibility index (Phi) is 3.22. The van der Waals surface area contributed by atoms with Crippen LogP contribution < -0.4 is 10.5 Å². The van der Waals surface area contributed by atoms with Gasteiger partial charge in [0.05, 0.1) is 17.0 Å². The van der Waals surface area contributed by atoms with Crippen molar-refractivity contribution in [3.8, 4) is 5.75 Å². The van der Waals surface area contributed by atoms with Crippen LogP contribution >= 0.6 is 22.9 Å². The van der Waals surface area contributed by atoms with Crippen molar-refractivity contribution in [3.63, 3.8) is 0 Å². The van der Waals surface area contributed by atoms with E-state index in [1.807, 2.05) is 29.6 Å². The Morgan fingerprint density at radius 3 is 2.95 bits per heavy atom. The zero-order valence-corrected chi connectivity index (χ0v) is 11.8. The predicted octanol–water partition coefficient (Wildman–Crippen LogP) is 4.20. The second kappa shape index (κ2) is 4.89. The fourth-order valence-electron chi connectivity index (χ4n) is 2.03. The van der Waals surface area contributed by atoms with Gasteiger partial charge in [-0.25, -0.2) is 0 Å². The lowest BCUT2D eigenvalue weighted by molar-refractivity contribution is 0.408. The molecule has 98 valence electrons. The molecule has 0 aliphatic rings. The van der Waals surface area contributed by atoms with Gasteiger partial charge in [0.1, 0.15) is 17.6 Å². The van der Waals surface area contributed by atoms with Crippen LogP contribution in [-0.4, -0.2) is 7.11 Å². The van der Waals surface area contributed by atoms with E-state index in [4.69, 9.17) is 26.5 Å². The SMILES string of the molecule is COc1ccsc1C(N)c1cc2cccc(Cl)c2o1. The Bertz CT molecular complexity index is 719. The summed E-state index contributed by atoms with van der Waals surface area (Å²) >= 11 is 7.65. The maximum atomic E-state index is 6.24. The molecule has 1 aromatic carbocycles. The minimum absolute atomic E-state index is 0.349. The molecule has 0 aliphatic heterocycles. The molecule has 2 N–H and O–H groups in total. The summed E-state index contributed by atoms with van der Waals surface area (Å²) in [6.45, 7) is 0. The van der Waals surface area contributed by atoms with E-state index < -0.39 is 0 Å². The van der Waals surface area contributed by atoms with Gasteiger partial charge in [-0.15, -0.1) is 11.3 Å². The Balaban J connectivity index is 2.07. The average molecular weight is 294 g/mol. The molecular formula is C14H12ClNO2S. The second-order valence-corrected chi connectivity index (χ2v) is 5.49. The molecule has 2 heterocycles. The van der Waals surface area contributed by atoms with Crippen molar-refractivity contribution in [2.75, 3.05) is 7.11 Å². The molecule has 3 aromatic rings. The number of furan rings is 1. The summed E-state index contributed by atoms with van der Waals surface area (Å²) in [6, 6.07) is 9.11. The standard InChI is InChI=1S/C14H12ClNO2S/c1-17-10-5-6-19-14(10)12(16)11-7-8-3-2-4-9(15)13(8)18-11/h2-7,12H,16H2,1H3. The van der Waals surface area contributed by atoms with Crippen LogP contribution in [0.3, 0.4) is 0 Å². The van der Waals surface area contributed by atoms with Crippen LogP contribution in [0, 0.1) is 0 Å². The van der Waals surface area contributed by atoms with Crippen molar-refractivity contribution >= 4 is 33.9 Å². The first-order chi connectivity index (χ1) is 9.20. The maximum absolute atomic E-state index is 6.24. The molecule has 0 spiro atoms. The van der Waals surface area contributed by atoms with Crippen LogP contribution in [0.1, 0.15) is 16.7 Å². The van der Waals surface area contributed by atoms with Gasteiger partial charge in [-0.1, -0.05) is 23.7 Å². The topological polar surface area (TPSA) is 48.4 Å². The largest absolute Gasteiger partial charge is 0.496 e. The second-order valence-electron chi connectivity index (χ2n) is 4.14. The number of halogens is 1. The molecule has 0 aliphatic carbocycles. The maximum Gasteiger partial charge on any atom is 0.152 e. The number of para-hydroxylation sites is 1. The number of thiophene rings is 1. The summed E-state index contributed by atoms with van der Waals surface area (Å²) in [5, 5.41) is 3.49. The van der Waals surface area contributed by atoms with Crippen LogP contribution in [0.2, 0.25) is 5.02 Å². The quantitative estimate of drug-likeness (QED) is 0.787. The summed E-state index contributed by atoms with van der Waals surface area (Å²) < 4.78 is 11.1. The molecule has 1 atom stereocenters. The van der Waals surface area contributed by atoms with Crippen LogP contribution in [0.4, 0.5) is 0 Å². The number of methoxy groups -OCH3 is 1. The lowest BCUT2D eigenvalue weighted by Crippen LogP contribution is -2.10. The van der Waals surface area contributed by atoms with Crippen LogP contribution in [0.25, 0.3) is 11.0 Å². The van der Waals surface area contributed by atoms with Crippen molar-refractivity contribution in [1.29, 1.82) is 0 Å². The van der Waals surface area contributed by atoms with Gasteiger partial charge < -0.3 is 14.9 Å². The normalized spacial score (nSPS) is 12.8. The van der Waals surface area contributed by atoms with E-state index in [9.17, 15) is 0 Å². The Hall–Kier alpha value is -1.49. The summed E-state index contributed by atoms with van der Waals surface area (Å²) in [7, 11) is 1.63. The zero-order valence-electron chi connectivity index (χ0n) is 10.2. The lowest BCUT2D eigenvalue weighted by atomic mass is 10.1. The van der Waals surface area contributed by atoms with Crippen LogP contribution in [0.15, 0.2) is 40.1 Å². The van der Waals surface area contributed by atoms with E-state index in [1.165, 1.54) is 0 Å². The molecule has 0 bridgehead atoms. The highest BCUT2D eigenvalue weighted by molar-refractivity contribution is 7.10. The highest BCUT2D eigenvalue weighted by Gasteiger charge is 2.20. The minimum Gasteiger partial charge on any atom is -0.496 e. The highest BCUT2D eigenvalue weighted by Crippen LogP contribution is 2.36. The predicted molar refractivity (Wildman–Crippen MR) is 78.1 cm³/mol. The first-order valence-electron chi connectivity index (χ1n) is 5.75. The van der Waals surface area contributed by atoms with Crippen molar-refractivity contribution in [1.82, 2.24) is 0 Å². The van der Waals surface area contributed by atoms with Gasteiger partial charge in [0.2, 0.25) is 0 Å². The first kappa shape index (κ1) is 12.5. The van der Waals surface area contributed by atoms with E-state index in [0.717, 1.165) is 16.0 Å². The molecule has 5 heteroatoms. The van der Waals surface area contributed by atoms with E-state index in [0.29, 0.717) is 16.4 Å². The number of rotatable bonds is 3. The molecule has 0 saturated carbocycles. The summed E-state index contributed by atoms with van der Waals surface area (Å²) in [5.41, 5.74) is 6.92. The van der Waals surface area contributed by atoms with E-state index in [1.54, 1.807) is 24.5 Å². The molecule has 3 rings (SSSR count). The average Bonchev–Trinajstić information content (AvgIpc) is 3.04. The molecular weight excluding hydrogens is 282 g/mol. The Morgan fingerprint density at radius 2 is 2.21 bits per heavy atom. The Morgan fingerprint density at radius 1 is 1.37 bits per heavy atom. The molecule has 0 amide bonds. The van der Waals surface area contributed by atoms with Crippen LogP contribution in [0.5, 0.6) is 5.75 Å². The van der Waals surface area contributed by atoms with Crippen molar-refractivity contribution in [2.45, 2.75) is 6.04 Å². The molecule has 0 fully saturated rings. The molecule has 2 aromatic heterocycles. The molecule has 0 radical (unpaired) electrons. The van der Waals surface area contributed by atoms with Crippen molar-refractivity contribution in [2.24, 2.45) is 5.73 Å². The highest BCUT2D eigenvalue weighted by atomic mass is 35.5. The van der Waals surface area contributed by atoms with Crippen molar-refractivity contribution < 1.29 is 9.15 Å². The smallest absolute Gasteiger partial charge is 0.152 e. The molecule has 0 saturated heterocycles. The summed E-state index contributed by atoms with van der Waals surface area (Å²) in [6.07, 6.45) is 0. The minimum atomic E-state index is -0.349. The first-order valence-corrected chi connectivity index (χ1v) is 7.01. The number of hydrogen-bond acceptors (Lipinski definition) is 4. The molecule has 19 heavy (non-hydrogen) atoms. The van der Waals surface area contributed by atoms with E-state index in [-0.39, 0.29) is 6.04 Å². The molecule has 1 unspecified atom stereocenters. The number of ether oxygens (including phenoxy) is 1. The number of hydrogen-bond donors (Lipinski definition) is 1. The number of fused-ring (bicyclic) bond motifs is 1. The van der Waals surface area contributed by atoms with E-state index >= 15 is 0 Å². The third-order valence-electron chi connectivity index (χ3n) is 2.98. The number of benzene rings is 1. The zero-order chi connectivity index (χ0) is 13.4. The van der Waals surface area contributed by atoms with Gasteiger partial charge in [0, 0.05) is 5.39 Å². The van der Waals surface area contributed by atoms with Gasteiger partial charge in [0.15, 0.2) is 5.58 Å². The lowest BCUT2D eigenvalue weighted by Gasteiger charge is -2.08. The third kappa shape index (κ3) is 2.12. The molecule has 3 nitrogen and oxygen atoms in total. The van der Waals surface area contributed by atoms with Gasteiger partial charge in [-0.3, -0.25) is 0 Å². The Labute approximate surface area is 119 Å². The fourth-order valence-corrected chi connectivity index (χ4v) is 3.12. The van der Waals surface area contributed by atoms with Crippen molar-refractivity contribution in [3.05, 3.63) is 51.4 Å². The van der Waals surface area contributed by atoms with E-state index in [2.05, 4.69) is 0 Å². The van der Waals surface area contributed by atoms with Gasteiger partial charge in [-0.2, -0.15) is 0 Å². The van der Waals surface area contributed by atoms with Gasteiger partial charge >= 0.3 is 0 Å². The monoisotopic (exact) mass is 293 g/mol. The van der Waals surface area contributed by atoms with Gasteiger partial charge in [-0.05, 0) is 23.6 Å². The summed E-state index contributed by atoms with van der Waals surface area (Å²) in [5.74, 6) is 1.47.